The van der Waals surface area contributed by atoms with Gasteiger partial charge in [-0.2, -0.15) is 0 Å². The highest BCUT2D eigenvalue weighted by atomic mass is 16.3. The second-order valence-corrected chi connectivity index (χ2v) is 2.49. The van der Waals surface area contributed by atoms with Crippen LogP contribution in [0.4, 0.5) is 0 Å². The van der Waals surface area contributed by atoms with Crippen molar-refractivity contribution < 1.29 is 5.11 Å². The molecule has 0 spiro atoms. The second kappa shape index (κ2) is 2.83. The molecule has 0 aliphatic heterocycles. The average molecular weight is 124 g/mol. The lowest BCUT2D eigenvalue weighted by Gasteiger charge is -2.10. The van der Waals surface area contributed by atoms with Crippen molar-refractivity contribution in [3.63, 3.8) is 0 Å². The minimum atomic E-state index is 0.278. The molecule has 0 amide bonds. The Kier molecular flexibility index (Phi) is 2.06. The molecule has 0 fully saturated rings. The van der Waals surface area contributed by atoms with Gasteiger partial charge in [0, 0.05) is 12.5 Å². The van der Waals surface area contributed by atoms with E-state index in [1.807, 2.05) is 0 Å². The number of aliphatic hydroxyl groups excluding tert-OH is 1. The van der Waals surface area contributed by atoms with Crippen molar-refractivity contribution in [2.45, 2.75) is 13.3 Å². The summed E-state index contributed by atoms with van der Waals surface area (Å²) in [5.41, 5.74) is 1.31. The van der Waals surface area contributed by atoms with E-state index in [2.05, 4.69) is 25.2 Å². The Morgan fingerprint density at radius 2 is 2.56 bits per heavy atom. The quantitative estimate of drug-likeness (QED) is 0.561. The van der Waals surface area contributed by atoms with E-state index in [9.17, 15) is 0 Å². The van der Waals surface area contributed by atoms with E-state index in [4.69, 9.17) is 5.11 Å². The van der Waals surface area contributed by atoms with Crippen molar-refractivity contribution in [2.24, 2.45) is 5.92 Å². The summed E-state index contributed by atoms with van der Waals surface area (Å²) in [5, 5.41) is 8.70. The van der Waals surface area contributed by atoms with Crippen LogP contribution in [0.3, 0.4) is 0 Å². The van der Waals surface area contributed by atoms with Crippen molar-refractivity contribution in [1.29, 1.82) is 0 Å². The van der Waals surface area contributed by atoms with Crippen LogP contribution in [-0.2, 0) is 0 Å². The van der Waals surface area contributed by atoms with Gasteiger partial charge in [-0.25, -0.2) is 0 Å². The van der Waals surface area contributed by atoms with E-state index in [1.54, 1.807) is 0 Å². The minimum absolute atomic E-state index is 0.278. The third kappa shape index (κ3) is 1.68. The molecule has 0 radical (unpaired) electrons. The molecule has 1 atom stereocenters. The van der Waals surface area contributed by atoms with Crippen LogP contribution in [0, 0.1) is 5.92 Å². The topological polar surface area (TPSA) is 20.2 Å². The molecule has 1 nitrogen and oxygen atoms in total. The van der Waals surface area contributed by atoms with Gasteiger partial charge in [-0.15, -0.1) is 0 Å². The van der Waals surface area contributed by atoms with Crippen LogP contribution in [0.25, 0.3) is 0 Å². The lowest BCUT2D eigenvalue weighted by molar-refractivity contribution is 0.253. The summed E-state index contributed by atoms with van der Waals surface area (Å²) in [6, 6.07) is 0. The van der Waals surface area contributed by atoms with Crippen molar-refractivity contribution in [1.82, 2.24) is 0 Å². The van der Waals surface area contributed by atoms with E-state index >= 15 is 0 Å². The molecule has 0 saturated carbocycles. The summed E-state index contributed by atoms with van der Waals surface area (Å²) in [4.78, 5) is 0. The highest BCUT2D eigenvalue weighted by Crippen LogP contribution is 2.14. The summed E-state index contributed by atoms with van der Waals surface area (Å²) in [6.07, 6.45) is 7.28. The van der Waals surface area contributed by atoms with Gasteiger partial charge in [-0.1, -0.05) is 23.8 Å². The lowest BCUT2D eigenvalue weighted by atomic mass is 9.98. The van der Waals surface area contributed by atoms with Gasteiger partial charge in [-0.05, 0) is 13.3 Å². The fraction of sp³-hybridized carbons (Fsp3) is 0.500. The predicted octanol–water partition coefficient (Wildman–Crippen LogP) is 1.50. The van der Waals surface area contributed by atoms with Gasteiger partial charge in [0.25, 0.3) is 0 Å². The largest absolute Gasteiger partial charge is 0.396 e. The smallest absolute Gasteiger partial charge is 0.0496 e. The summed E-state index contributed by atoms with van der Waals surface area (Å²) in [5.74, 6) is 0.369. The zero-order valence-corrected chi connectivity index (χ0v) is 5.67. The van der Waals surface area contributed by atoms with Gasteiger partial charge in [0.15, 0.2) is 0 Å². The molecule has 1 rings (SSSR count). The normalized spacial score (nSPS) is 26.0. The van der Waals surface area contributed by atoms with Gasteiger partial charge in [0.1, 0.15) is 0 Å². The summed E-state index contributed by atoms with van der Waals surface area (Å²) in [7, 11) is 0. The first-order valence-corrected chi connectivity index (χ1v) is 3.28. The highest BCUT2D eigenvalue weighted by molar-refractivity contribution is 5.21. The number of aliphatic hydroxyl groups is 1. The maximum atomic E-state index is 8.70. The zero-order chi connectivity index (χ0) is 6.69. The monoisotopic (exact) mass is 124 g/mol. The van der Waals surface area contributed by atoms with Crippen molar-refractivity contribution in [3.05, 3.63) is 23.8 Å². The van der Waals surface area contributed by atoms with Crippen LogP contribution >= 0.6 is 0 Å². The van der Waals surface area contributed by atoms with Gasteiger partial charge in [0.05, 0.1) is 0 Å². The zero-order valence-electron chi connectivity index (χ0n) is 5.67. The van der Waals surface area contributed by atoms with Gasteiger partial charge in [0.2, 0.25) is 0 Å². The van der Waals surface area contributed by atoms with E-state index in [0.29, 0.717) is 5.92 Å². The van der Waals surface area contributed by atoms with Crippen LogP contribution in [0.1, 0.15) is 13.3 Å². The van der Waals surface area contributed by atoms with Gasteiger partial charge in [-0.3, -0.25) is 0 Å². The Labute approximate surface area is 55.7 Å². The second-order valence-electron chi connectivity index (χ2n) is 2.49. The van der Waals surface area contributed by atoms with Gasteiger partial charge < -0.3 is 5.11 Å². The first-order valence-electron chi connectivity index (χ1n) is 3.28. The molecule has 0 aromatic heterocycles. The Morgan fingerprint density at radius 3 is 3.00 bits per heavy atom. The molecule has 1 N–H and O–H groups in total. The Morgan fingerprint density at radius 1 is 1.78 bits per heavy atom. The van der Waals surface area contributed by atoms with Crippen LogP contribution in [0.15, 0.2) is 23.8 Å². The van der Waals surface area contributed by atoms with Crippen LogP contribution < -0.4 is 0 Å². The SMILES string of the molecule is CC1=CC[C@@H](CO)C=C1. The van der Waals surface area contributed by atoms with E-state index < -0.39 is 0 Å². The van der Waals surface area contributed by atoms with E-state index in [-0.39, 0.29) is 6.61 Å². The average Bonchev–Trinajstić information content (AvgIpc) is 1.90. The maximum absolute atomic E-state index is 8.70. The maximum Gasteiger partial charge on any atom is 0.0496 e. The molecule has 1 aliphatic carbocycles. The number of hydrogen-bond acceptors (Lipinski definition) is 1. The van der Waals surface area contributed by atoms with Crippen LogP contribution in [0.5, 0.6) is 0 Å². The molecular formula is C8H12O. The highest BCUT2D eigenvalue weighted by Gasteiger charge is 2.03. The molecule has 50 valence electrons. The Balaban J connectivity index is 2.48. The lowest BCUT2D eigenvalue weighted by Crippen LogP contribution is -2.03. The standard InChI is InChI=1S/C8H12O/c1-7-2-4-8(6-9)5-3-7/h2-4,8-9H,5-6H2,1H3/t8-/m0/s1. The Bertz CT molecular complexity index is 145. The summed E-state index contributed by atoms with van der Waals surface area (Å²) in [6.45, 7) is 2.35. The summed E-state index contributed by atoms with van der Waals surface area (Å²) >= 11 is 0. The predicted molar refractivity (Wildman–Crippen MR) is 38.1 cm³/mol. The molecule has 0 aromatic rings. The molecule has 9 heavy (non-hydrogen) atoms. The number of allylic oxidation sites excluding steroid dienone is 3. The van der Waals surface area contributed by atoms with Gasteiger partial charge >= 0.3 is 0 Å². The third-order valence-corrected chi connectivity index (χ3v) is 1.61. The number of hydrogen-bond donors (Lipinski definition) is 1. The van der Waals surface area contributed by atoms with Crippen molar-refractivity contribution >= 4 is 0 Å². The van der Waals surface area contributed by atoms with Crippen LogP contribution in [-0.4, -0.2) is 11.7 Å². The number of rotatable bonds is 1. The van der Waals surface area contributed by atoms with Crippen molar-refractivity contribution in [3.8, 4) is 0 Å². The van der Waals surface area contributed by atoms with Crippen molar-refractivity contribution in [2.75, 3.05) is 6.61 Å². The third-order valence-electron chi connectivity index (χ3n) is 1.61. The van der Waals surface area contributed by atoms with E-state index in [0.717, 1.165) is 6.42 Å². The molecule has 0 bridgehead atoms. The minimum Gasteiger partial charge on any atom is -0.396 e. The van der Waals surface area contributed by atoms with Crippen LogP contribution in [0.2, 0.25) is 0 Å². The molecule has 1 aliphatic rings. The Hall–Kier alpha value is -0.560. The first kappa shape index (κ1) is 6.56. The summed E-state index contributed by atoms with van der Waals surface area (Å²) < 4.78 is 0. The molecule has 0 heterocycles. The molecule has 0 aromatic carbocycles. The molecule has 0 saturated heterocycles. The molecule has 0 unspecified atom stereocenters. The molecule has 1 heteroatoms. The first-order chi connectivity index (χ1) is 4.33. The van der Waals surface area contributed by atoms with E-state index in [1.165, 1.54) is 5.57 Å². The fourth-order valence-electron chi connectivity index (χ4n) is 0.907. The molecular weight excluding hydrogens is 112 g/mol. The fourth-order valence-corrected chi connectivity index (χ4v) is 0.907.